The smallest absolute Gasteiger partial charge is 0.341 e. The van der Waals surface area contributed by atoms with Crippen LogP contribution in [0, 0.1) is 10.1 Å². The van der Waals surface area contributed by atoms with Crippen molar-refractivity contribution in [1.82, 2.24) is 5.32 Å². The third-order valence-electron chi connectivity index (χ3n) is 4.77. The second kappa shape index (κ2) is 9.84. The Morgan fingerprint density at radius 3 is 2.57 bits per heavy atom. The summed E-state index contributed by atoms with van der Waals surface area (Å²) < 4.78 is 10.5. The predicted molar refractivity (Wildman–Crippen MR) is 109 cm³/mol. The Morgan fingerprint density at radius 2 is 1.90 bits per heavy atom. The van der Waals surface area contributed by atoms with E-state index in [1.807, 2.05) is 42.2 Å². The molecule has 0 radical (unpaired) electrons. The van der Waals surface area contributed by atoms with E-state index in [4.69, 9.17) is 9.47 Å². The number of anilines is 1. The van der Waals surface area contributed by atoms with Crippen molar-refractivity contribution < 1.29 is 24.0 Å². The summed E-state index contributed by atoms with van der Waals surface area (Å²) >= 11 is 0. The number of benzene rings is 2. The van der Waals surface area contributed by atoms with E-state index in [-0.39, 0.29) is 17.3 Å². The van der Waals surface area contributed by atoms with Crippen LogP contribution >= 0.6 is 0 Å². The molecule has 1 N–H and O–H groups in total. The molecule has 2 aromatic carbocycles. The summed E-state index contributed by atoms with van der Waals surface area (Å²) in [6.07, 6.45) is 0. The number of amides is 1. The second-order valence-corrected chi connectivity index (χ2v) is 6.83. The number of ether oxygens (including phenoxy) is 2. The van der Waals surface area contributed by atoms with E-state index in [0.29, 0.717) is 32.0 Å². The van der Waals surface area contributed by atoms with Crippen molar-refractivity contribution in [3.63, 3.8) is 0 Å². The van der Waals surface area contributed by atoms with Gasteiger partial charge in [0.2, 0.25) is 0 Å². The van der Waals surface area contributed by atoms with Crippen LogP contribution in [0.1, 0.15) is 28.9 Å². The van der Waals surface area contributed by atoms with Gasteiger partial charge in [-0.15, -0.1) is 0 Å². The molecule has 0 aliphatic carbocycles. The van der Waals surface area contributed by atoms with E-state index >= 15 is 0 Å². The molecular formula is C21H23N3O6. The van der Waals surface area contributed by atoms with Gasteiger partial charge in [0.05, 0.1) is 35.4 Å². The van der Waals surface area contributed by atoms with E-state index < -0.39 is 23.4 Å². The summed E-state index contributed by atoms with van der Waals surface area (Å²) in [4.78, 5) is 37.3. The zero-order chi connectivity index (χ0) is 21.5. The third kappa shape index (κ3) is 5.32. The summed E-state index contributed by atoms with van der Waals surface area (Å²) in [7, 11) is 0. The number of esters is 1. The standard InChI is InChI=1S/C21H23N3O6/c1-15(16-5-3-2-4-6-16)22-20(25)14-30-21(26)18-13-17(24(27)28)7-8-19(18)23-9-11-29-12-10-23/h2-8,13,15H,9-12,14H2,1H3,(H,22,25)/t15-/m1/s1. The Balaban J connectivity index is 1.68. The zero-order valence-electron chi connectivity index (χ0n) is 16.6. The molecule has 2 aromatic rings. The monoisotopic (exact) mass is 413 g/mol. The van der Waals surface area contributed by atoms with Gasteiger partial charge in [-0.2, -0.15) is 0 Å². The van der Waals surface area contributed by atoms with Gasteiger partial charge in [-0.3, -0.25) is 14.9 Å². The van der Waals surface area contributed by atoms with Crippen LogP contribution < -0.4 is 10.2 Å². The molecule has 158 valence electrons. The van der Waals surface area contributed by atoms with Crippen LogP contribution in [0.4, 0.5) is 11.4 Å². The highest BCUT2D eigenvalue weighted by Crippen LogP contribution is 2.27. The molecule has 1 amide bonds. The fraction of sp³-hybridized carbons (Fsp3) is 0.333. The molecule has 9 nitrogen and oxygen atoms in total. The summed E-state index contributed by atoms with van der Waals surface area (Å²) in [5.74, 6) is -1.25. The maximum absolute atomic E-state index is 12.7. The summed E-state index contributed by atoms with van der Waals surface area (Å²) in [6.45, 7) is 3.42. The molecule has 9 heteroatoms. The minimum Gasteiger partial charge on any atom is -0.452 e. The molecule has 0 unspecified atom stereocenters. The lowest BCUT2D eigenvalue weighted by Gasteiger charge is -2.30. The van der Waals surface area contributed by atoms with E-state index in [2.05, 4.69) is 5.32 Å². The van der Waals surface area contributed by atoms with E-state index in [0.717, 1.165) is 5.56 Å². The molecule has 1 aliphatic rings. The first-order chi connectivity index (χ1) is 14.5. The first-order valence-electron chi connectivity index (χ1n) is 9.58. The number of hydrogen-bond acceptors (Lipinski definition) is 7. The largest absolute Gasteiger partial charge is 0.452 e. The lowest BCUT2D eigenvalue weighted by molar-refractivity contribution is -0.384. The Morgan fingerprint density at radius 1 is 1.20 bits per heavy atom. The number of hydrogen-bond donors (Lipinski definition) is 1. The molecule has 1 heterocycles. The van der Waals surface area contributed by atoms with Crippen molar-refractivity contribution in [2.75, 3.05) is 37.8 Å². The number of nitrogens with one attached hydrogen (secondary N) is 1. The molecule has 0 aromatic heterocycles. The SMILES string of the molecule is C[C@@H](NC(=O)COC(=O)c1cc([N+](=O)[O-])ccc1N1CCOCC1)c1ccccc1. The topological polar surface area (TPSA) is 111 Å². The zero-order valence-corrected chi connectivity index (χ0v) is 16.6. The average Bonchev–Trinajstić information content (AvgIpc) is 2.78. The van der Waals surface area contributed by atoms with Gasteiger partial charge in [0, 0.05) is 25.2 Å². The van der Waals surface area contributed by atoms with Crippen LogP contribution in [-0.4, -0.2) is 49.7 Å². The molecule has 1 atom stereocenters. The van der Waals surface area contributed by atoms with Crippen LogP contribution in [0.5, 0.6) is 0 Å². The lowest BCUT2D eigenvalue weighted by Crippen LogP contribution is -2.37. The fourth-order valence-electron chi connectivity index (χ4n) is 3.20. The summed E-state index contributed by atoms with van der Waals surface area (Å²) in [6, 6.07) is 13.2. The van der Waals surface area contributed by atoms with Crippen molar-refractivity contribution in [1.29, 1.82) is 0 Å². The minimum atomic E-state index is -0.789. The van der Waals surface area contributed by atoms with Gasteiger partial charge in [-0.25, -0.2) is 4.79 Å². The highest BCUT2D eigenvalue weighted by atomic mass is 16.6. The number of morpholine rings is 1. The van der Waals surface area contributed by atoms with Crippen molar-refractivity contribution in [2.45, 2.75) is 13.0 Å². The molecule has 1 saturated heterocycles. The predicted octanol–water partition coefficient (Wildman–Crippen LogP) is 2.47. The number of nitrogens with zero attached hydrogens (tertiary/aromatic N) is 2. The Kier molecular flexibility index (Phi) is 6.97. The van der Waals surface area contributed by atoms with Gasteiger partial charge in [0.25, 0.3) is 11.6 Å². The number of non-ortho nitro benzene ring substituents is 1. The second-order valence-electron chi connectivity index (χ2n) is 6.83. The van der Waals surface area contributed by atoms with Gasteiger partial charge in [0.1, 0.15) is 0 Å². The fourth-order valence-corrected chi connectivity index (χ4v) is 3.20. The molecule has 30 heavy (non-hydrogen) atoms. The highest BCUT2D eigenvalue weighted by Gasteiger charge is 2.23. The minimum absolute atomic E-state index is 0.0509. The van der Waals surface area contributed by atoms with Crippen LogP contribution in [0.2, 0.25) is 0 Å². The summed E-state index contributed by atoms with van der Waals surface area (Å²) in [5.41, 5.74) is 1.27. The maximum Gasteiger partial charge on any atom is 0.341 e. The van der Waals surface area contributed by atoms with Crippen molar-refractivity contribution in [2.24, 2.45) is 0 Å². The van der Waals surface area contributed by atoms with Gasteiger partial charge in [-0.1, -0.05) is 30.3 Å². The quantitative estimate of drug-likeness (QED) is 0.422. The number of nitro benzene ring substituents is 1. The number of carbonyl (C=O) groups excluding carboxylic acids is 2. The van der Waals surface area contributed by atoms with Crippen LogP contribution in [0.25, 0.3) is 0 Å². The van der Waals surface area contributed by atoms with Crippen molar-refractivity contribution in [3.05, 3.63) is 69.8 Å². The first-order valence-corrected chi connectivity index (χ1v) is 9.58. The molecule has 1 aliphatic heterocycles. The molecule has 1 fully saturated rings. The lowest BCUT2D eigenvalue weighted by atomic mass is 10.1. The van der Waals surface area contributed by atoms with Crippen molar-refractivity contribution in [3.8, 4) is 0 Å². The van der Waals surface area contributed by atoms with E-state index in [1.165, 1.54) is 18.2 Å². The first kappa shape index (κ1) is 21.3. The van der Waals surface area contributed by atoms with Gasteiger partial charge in [0.15, 0.2) is 6.61 Å². The highest BCUT2D eigenvalue weighted by molar-refractivity contribution is 5.97. The molecule has 3 rings (SSSR count). The molecule has 0 saturated carbocycles. The molecule has 0 bridgehead atoms. The Hall–Kier alpha value is -3.46. The van der Waals surface area contributed by atoms with E-state index in [9.17, 15) is 19.7 Å². The molecular weight excluding hydrogens is 390 g/mol. The Bertz CT molecular complexity index is 912. The van der Waals surface area contributed by atoms with Crippen LogP contribution in [-0.2, 0) is 14.3 Å². The molecule has 0 spiro atoms. The average molecular weight is 413 g/mol. The number of rotatable bonds is 7. The van der Waals surface area contributed by atoms with E-state index in [1.54, 1.807) is 0 Å². The van der Waals surface area contributed by atoms with Crippen molar-refractivity contribution >= 4 is 23.3 Å². The normalized spacial score (nSPS) is 14.6. The summed E-state index contributed by atoms with van der Waals surface area (Å²) in [5, 5.41) is 13.9. The maximum atomic E-state index is 12.7. The van der Waals surface area contributed by atoms with Gasteiger partial charge >= 0.3 is 5.97 Å². The Labute approximate surface area is 173 Å². The number of nitro groups is 1. The van der Waals surface area contributed by atoms with Gasteiger partial charge in [-0.05, 0) is 18.6 Å². The third-order valence-corrected chi connectivity index (χ3v) is 4.77. The van der Waals surface area contributed by atoms with Crippen LogP contribution in [0.15, 0.2) is 48.5 Å². The number of carbonyl (C=O) groups is 2. The van der Waals surface area contributed by atoms with Gasteiger partial charge < -0.3 is 19.7 Å². The van der Waals surface area contributed by atoms with Crippen LogP contribution in [0.3, 0.4) is 0 Å².